The van der Waals surface area contributed by atoms with Crippen LogP contribution in [0.25, 0.3) is 0 Å². The van der Waals surface area contributed by atoms with Gasteiger partial charge in [-0.15, -0.1) is 0 Å². The number of aromatic nitrogens is 2. The number of hydrogen-bond acceptors (Lipinski definition) is 4. The van der Waals surface area contributed by atoms with Gasteiger partial charge in [-0.25, -0.2) is 4.68 Å². The molecule has 0 aliphatic carbocycles. The van der Waals surface area contributed by atoms with E-state index in [0.29, 0.717) is 11.4 Å². The Morgan fingerprint density at radius 2 is 1.52 bits per heavy atom. The molecule has 2 amide bonds. The van der Waals surface area contributed by atoms with E-state index < -0.39 is 17.4 Å². The highest BCUT2D eigenvalue weighted by Crippen LogP contribution is 2.21. The van der Waals surface area contributed by atoms with Crippen LogP contribution in [0.1, 0.15) is 38.3 Å². The first-order chi connectivity index (χ1) is 14.6. The number of rotatable bonds is 5. The molecule has 0 radical (unpaired) electrons. The normalized spacial score (nSPS) is 10.6. The van der Waals surface area contributed by atoms with Gasteiger partial charge in [-0.05, 0) is 75.1 Å². The molecule has 0 unspecified atom stereocenters. The number of benzene rings is 2. The molecule has 31 heavy (non-hydrogen) atoms. The highest BCUT2D eigenvalue weighted by Gasteiger charge is 2.14. The Hall–Kier alpha value is -3.74. The molecule has 1 heterocycles. The molecule has 1 aromatic heterocycles. The fourth-order valence-corrected chi connectivity index (χ4v) is 3.39. The first-order valence-corrected chi connectivity index (χ1v) is 9.98. The summed E-state index contributed by atoms with van der Waals surface area (Å²) < 4.78 is 0.990. The van der Waals surface area contributed by atoms with Crippen LogP contribution in [-0.2, 0) is 11.3 Å². The third-order valence-electron chi connectivity index (χ3n) is 5.10. The van der Waals surface area contributed by atoms with Crippen LogP contribution in [0.5, 0.6) is 0 Å². The number of carbonyl (C=O) groups excluding carboxylic acids is 2. The summed E-state index contributed by atoms with van der Waals surface area (Å²) in [4.78, 5) is 37.3. The van der Waals surface area contributed by atoms with Gasteiger partial charge in [0.2, 0.25) is 5.91 Å². The Labute approximate surface area is 181 Å². The molecule has 0 saturated carbocycles. The van der Waals surface area contributed by atoms with Crippen LogP contribution in [-0.4, -0.2) is 21.6 Å². The highest BCUT2D eigenvalue weighted by atomic mass is 16.2. The monoisotopic (exact) mass is 418 g/mol. The zero-order chi connectivity index (χ0) is 22.7. The summed E-state index contributed by atoms with van der Waals surface area (Å²) in [6.07, 6.45) is 0. The average molecular weight is 418 g/mol. The van der Waals surface area contributed by atoms with Crippen molar-refractivity contribution in [3.63, 3.8) is 0 Å². The molecule has 7 heteroatoms. The van der Waals surface area contributed by atoms with Gasteiger partial charge in [0.25, 0.3) is 11.5 Å². The van der Waals surface area contributed by atoms with E-state index in [9.17, 15) is 14.4 Å². The van der Waals surface area contributed by atoms with Crippen LogP contribution in [0, 0.1) is 34.6 Å². The predicted molar refractivity (Wildman–Crippen MR) is 122 cm³/mol. The lowest BCUT2D eigenvalue weighted by Crippen LogP contribution is -2.31. The second-order valence-corrected chi connectivity index (χ2v) is 7.79. The van der Waals surface area contributed by atoms with E-state index in [1.54, 1.807) is 6.07 Å². The summed E-state index contributed by atoms with van der Waals surface area (Å²) in [6.45, 7) is 9.47. The van der Waals surface area contributed by atoms with Gasteiger partial charge in [0, 0.05) is 17.4 Å². The van der Waals surface area contributed by atoms with Crippen molar-refractivity contribution in [3.05, 3.63) is 86.3 Å². The van der Waals surface area contributed by atoms with E-state index in [2.05, 4.69) is 15.7 Å². The van der Waals surface area contributed by atoms with E-state index in [1.807, 2.05) is 58.9 Å². The zero-order valence-corrected chi connectivity index (χ0v) is 18.4. The van der Waals surface area contributed by atoms with Gasteiger partial charge >= 0.3 is 0 Å². The molecule has 7 nitrogen and oxygen atoms in total. The Balaban J connectivity index is 1.76. The molecule has 0 saturated heterocycles. The standard InChI is InChI=1S/C24H26N4O3/c1-14-10-17(4)23(18(5)11-14)26-21(29)13-28-22(30)9-8-20(27-28)24(31)25-19-7-6-15(2)16(3)12-19/h6-12H,13H2,1-5H3,(H,25,31)(H,26,29). The second-order valence-electron chi connectivity index (χ2n) is 7.79. The lowest BCUT2D eigenvalue weighted by molar-refractivity contribution is -0.117. The van der Waals surface area contributed by atoms with Crippen molar-refractivity contribution in [2.24, 2.45) is 0 Å². The molecule has 0 bridgehead atoms. The molecule has 0 atom stereocenters. The van der Waals surface area contributed by atoms with Gasteiger partial charge in [0.1, 0.15) is 12.2 Å². The Morgan fingerprint density at radius 1 is 0.839 bits per heavy atom. The van der Waals surface area contributed by atoms with E-state index >= 15 is 0 Å². The number of aryl methyl sites for hydroxylation is 5. The van der Waals surface area contributed by atoms with Crippen LogP contribution >= 0.6 is 0 Å². The summed E-state index contributed by atoms with van der Waals surface area (Å²) in [5.74, 6) is -0.848. The number of nitrogens with one attached hydrogen (secondary N) is 2. The van der Waals surface area contributed by atoms with E-state index in [0.717, 1.165) is 32.5 Å². The maximum atomic E-state index is 12.6. The van der Waals surface area contributed by atoms with E-state index in [-0.39, 0.29) is 12.2 Å². The first-order valence-electron chi connectivity index (χ1n) is 9.98. The number of nitrogens with zero attached hydrogens (tertiary/aromatic N) is 2. The lowest BCUT2D eigenvalue weighted by atomic mass is 10.1. The van der Waals surface area contributed by atoms with Crippen molar-refractivity contribution in [2.45, 2.75) is 41.2 Å². The van der Waals surface area contributed by atoms with Crippen molar-refractivity contribution in [1.29, 1.82) is 0 Å². The topological polar surface area (TPSA) is 93.1 Å². The van der Waals surface area contributed by atoms with Crippen LogP contribution in [0.3, 0.4) is 0 Å². The number of anilines is 2. The molecular formula is C24H26N4O3. The van der Waals surface area contributed by atoms with Gasteiger partial charge in [-0.1, -0.05) is 23.8 Å². The minimum Gasteiger partial charge on any atom is -0.324 e. The van der Waals surface area contributed by atoms with Crippen molar-refractivity contribution in [2.75, 3.05) is 10.6 Å². The van der Waals surface area contributed by atoms with Crippen molar-refractivity contribution >= 4 is 23.2 Å². The Morgan fingerprint density at radius 3 is 2.16 bits per heavy atom. The van der Waals surface area contributed by atoms with Gasteiger partial charge in [-0.3, -0.25) is 14.4 Å². The SMILES string of the molecule is Cc1cc(C)c(NC(=O)Cn2nc(C(=O)Nc3ccc(C)c(C)c3)ccc2=O)c(C)c1. The maximum Gasteiger partial charge on any atom is 0.276 e. The summed E-state index contributed by atoms with van der Waals surface area (Å²) in [7, 11) is 0. The fourth-order valence-electron chi connectivity index (χ4n) is 3.39. The number of carbonyl (C=O) groups is 2. The number of hydrogen-bond donors (Lipinski definition) is 2. The molecular weight excluding hydrogens is 392 g/mol. The predicted octanol–water partition coefficient (Wildman–Crippen LogP) is 3.68. The van der Waals surface area contributed by atoms with Gasteiger partial charge < -0.3 is 10.6 Å². The Bertz CT molecular complexity index is 1200. The van der Waals surface area contributed by atoms with Gasteiger partial charge in [0.15, 0.2) is 0 Å². The van der Waals surface area contributed by atoms with E-state index in [4.69, 9.17) is 0 Å². The van der Waals surface area contributed by atoms with Crippen molar-refractivity contribution < 1.29 is 9.59 Å². The molecule has 160 valence electrons. The quantitative estimate of drug-likeness (QED) is 0.661. The molecule has 0 aliphatic heterocycles. The molecule has 2 aromatic carbocycles. The van der Waals surface area contributed by atoms with E-state index in [1.165, 1.54) is 12.1 Å². The van der Waals surface area contributed by atoms with Crippen LogP contribution in [0.4, 0.5) is 11.4 Å². The molecule has 3 rings (SSSR count). The van der Waals surface area contributed by atoms with Gasteiger partial charge in [-0.2, -0.15) is 5.10 Å². The van der Waals surface area contributed by atoms with Crippen molar-refractivity contribution in [1.82, 2.24) is 9.78 Å². The summed E-state index contributed by atoms with van der Waals surface area (Å²) in [5.41, 5.74) is 6.09. The maximum absolute atomic E-state index is 12.6. The second kappa shape index (κ2) is 8.95. The first kappa shape index (κ1) is 22.0. The van der Waals surface area contributed by atoms with Crippen LogP contribution < -0.4 is 16.2 Å². The molecule has 0 aliphatic rings. The van der Waals surface area contributed by atoms with Crippen molar-refractivity contribution in [3.8, 4) is 0 Å². The van der Waals surface area contributed by atoms with Crippen LogP contribution in [0.15, 0.2) is 47.3 Å². The van der Waals surface area contributed by atoms with Gasteiger partial charge in [0.05, 0.1) is 0 Å². The summed E-state index contributed by atoms with van der Waals surface area (Å²) in [5, 5.41) is 9.69. The fraction of sp³-hybridized carbons (Fsp3) is 0.250. The summed E-state index contributed by atoms with van der Waals surface area (Å²) >= 11 is 0. The number of amides is 2. The zero-order valence-electron chi connectivity index (χ0n) is 18.4. The minimum atomic E-state index is -0.463. The molecule has 2 N–H and O–H groups in total. The average Bonchev–Trinajstić information content (AvgIpc) is 2.69. The summed E-state index contributed by atoms with van der Waals surface area (Å²) in [6, 6.07) is 12.1. The van der Waals surface area contributed by atoms with Crippen LogP contribution in [0.2, 0.25) is 0 Å². The minimum absolute atomic E-state index is 0.0494. The smallest absolute Gasteiger partial charge is 0.276 e. The molecule has 0 spiro atoms. The molecule has 0 fully saturated rings. The largest absolute Gasteiger partial charge is 0.324 e. The Kier molecular flexibility index (Phi) is 6.34. The lowest BCUT2D eigenvalue weighted by Gasteiger charge is -2.13. The highest BCUT2D eigenvalue weighted by molar-refractivity contribution is 6.02. The molecule has 3 aromatic rings. The third kappa shape index (κ3) is 5.25. The third-order valence-corrected chi connectivity index (χ3v) is 5.10.